The number of rotatable bonds is 2. The van der Waals surface area contributed by atoms with Crippen LogP contribution in [-0.2, 0) is 6.18 Å². The molecule has 88 valence electrons. The summed E-state index contributed by atoms with van der Waals surface area (Å²) in [7, 11) is 0. The maximum absolute atomic E-state index is 12.9. The van der Waals surface area contributed by atoms with Crippen LogP contribution < -0.4 is 0 Å². The fourth-order valence-corrected chi connectivity index (χ4v) is 1.01. The van der Waals surface area contributed by atoms with Gasteiger partial charge in [0, 0.05) is 0 Å². The van der Waals surface area contributed by atoms with E-state index in [2.05, 4.69) is 0 Å². The number of Topliss-reactive ketones (excluding diaryl/α,β-unsaturated/α-hetero) is 1. The minimum Gasteiger partial charge on any atom is -0.288 e. The van der Waals surface area contributed by atoms with E-state index in [9.17, 15) is 31.1 Å². The Morgan fingerprint density at radius 3 is 2.12 bits per heavy atom. The van der Waals surface area contributed by atoms with Gasteiger partial charge in [-0.05, 0) is 18.2 Å². The molecule has 0 atom stereocenters. The van der Waals surface area contributed by atoms with Gasteiger partial charge < -0.3 is 0 Å². The molecule has 7 heteroatoms. The second-order valence-electron chi connectivity index (χ2n) is 2.86. The van der Waals surface area contributed by atoms with Crippen molar-refractivity contribution < 1.29 is 31.1 Å². The summed E-state index contributed by atoms with van der Waals surface area (Å²) in [4.78, 5) is 10.7. The van der Waals surface area contributed by atoms with E-state index in [4.69, 9.17) is 0 Å². The molecule has 0 radical (unpaired) electrons. The lowest BCUT2D eigenvalue weighted by Crippen LogP contribution is -2.14. The van der Waals surface area contributed by atoms with Crippen LogP contribution in [0.2, 0.25) is 0 Å². The molecule has 0 saturated heterocycles. The van der Waals surface area contributed by atoms with Crippen molar-refractivity contribution in [3.8, 4) is 0 Å². The van der Waals surface area contributed by atoms with Gasteiger partial charge in [0.25, 0.3) is 0 Å². The average molecular weight is 242 g/mol. The van der Waals surface area contributed by atoms with Crippen LogP contribution in [0.1, 0.15) is 15.9 Å². The number of carbonyl (C=O) groups is 1. The third-order valence-electron chi connectivity index (χ3n) is 1.76. The number of alkyl halides is 5. The molecule has 0 aliphatic heterocycles. The Kier molecular flexibility index (Phi) is 3.25. The topological polar surface area (TPSA) is 17.1 Å². The second-order valence-corrected chi connectivity index (χ2v) is 2.86. The third-order valence-corrected chi connectivity index (χ3v) is 1.76. The lowest BCUT2D eigenvalue weighted by atomic mass is 10.1. The smallest absolute Gasteiger partial charge is 0.288 e. The Morgan fingerprint density at radius 2 is 1.75 bits per heavy atom. The van der Waals surface area contributed by atoms with Gasteiger partial charge in [-0.1, -0.05) is 0 Å². The zero-order valence-electron chi connectivity index (χ0n) is 7.49. The van der Waals surface area contributed by atoms with Crippen molar-refractivity contribution >= 4 is 5.78 Å². The molecule has 1 aromatic carbocycles. The normalized spacial score (nSPS) is 11.9. The summed E-state index contributed by atoms with van der Waals surface area (Å²) in [5, 5.41) is 0. The minimum absolute atomic E-state index is 0.00954. The molecular weight excluding hydrogens is 238 g/mol. The van der Waals surface area contributed by atoms with Crippen LogP contribution in [-0.4, -0.2) is 12.2 Å². The first-order valence-electron chi connectivity index (χ1n) is 3.92. The largest absolute Gasteiger partial charge is 0.416 e. The van der Waals surface area contributed by atoms with Gasteiger partial charge >= 0.3 is 12.6 Å². The predicted molar refractivity (Wildman–Crippen MR) is 41.7 cm³/mol. The van der Waals surface area contributed by atoms with Crippen LogP contribution in [0.25, 0.3) is 0 Å². The zero-order valence-corrected chi connectivity index (χ0v) is 7.49. The van der Waals surface area contributed by atoms with Crippen LogP contribution in [0.15, 0.2) is 18.2 Å². The van der Waals surface area contributed by atoms with Crippen molar-refractivity contribution in [2.75, 3.05) is 0 Å². The number of ketones is 1. The Hall–Kier alpha value is -1.53. The summed E-state index contributed by atoms with van der Waals surface area (Å²) in [6, 6.07) is 0.779. The van der Waals surface area contributed by atoms with E-state index >= 15 is 0 Å². The van der Waals surface area contributed by atoms with Crippen LogP contribution in [0.5, 0.6) is 0 Å². The highest BCUT2D eigenvalue weighted by molar-refractivity contribution is 5.98. The summed E-state index contributed by atoms with van der Waals surface area (Å²) >= 11 is 0. The minimum atomic E-state index is -4.78. The molecule has 0 N–H and O–H groups in total. The van der Waals surface area contributed by atoms with Crippen molar-refractivity contribution in [1.29, 1.82) is 0 Å². The first kappa shape index (κ1) is 12.5. The van der Waals surface area contributed by atoms with Gasteiger partial charge in [0.05, 0.1) is 11.1 Å². The van der Waals surface area contributed by atoms with Gasteiger partial charge in [-0.15, -0.1) is 0 Å². The molecule has 0 spiro atoms. The number of hydrogen-bond acceptors (Lipinski definition) is 1. The molecule has 1 aromatic rings. The van der Waals surface area contributed by atoms with E-state index in [1.807, 2.05) is 0 Å². The van der Waals surface area contributed by atoms with Gasteiger partial charge in [0.15, 0.2) is 0 Å². The number of halogens is 6. The van der Waals surface area contributed by atoms with E-state index < -0.39 is 35.3 Å². The highest BCUT2D eigenvalue weighted by Gasteiger charge is 2.32. The van der Waals surface area contributed by atoms with Crippen molar-refractivity contribution in [3.05, 3.63) is 35.1 Å². The molecule has 0 amide bonds. The molecule has 0 bridgehead atoms. The Morgan fingerprint density at radius 1 is 1.19 bits per heavy atom. The number of carbonyl (C=O) groups excluding carboxylic acids is 1. The maximum Gasteiger partial charge on any atom is 0.416 e. The second kappa shape index (κ2) is 4.15. The third kappa shape index (κ3) is 2.53. The summed E-state index contributed by atoms with van der Waals surface area (Å²) in [5.74, 6) is -3.45. The van der Waals surface area contributed by atoms with E-state index in [0.29, 0.717) is 12.1 Å². The highest BCUT2D eigenvalue weighted by atomic mass is 19.4. The lowest BCUT2D eigenvalue weighted by Gasteiger charge is -2.08. The van der Waals surface area contributed by atoms with E-state index in [1.165, 1.54) is 0 Å². The molecule has 0 aliphatic carbocycles. The van der Waals surface area contributed by atoms with Gasteiger partial charge in [0.1, 0.15) is 5.82 Å². The van der Waals surface area contributed by atoms with Crippen LogP contribution in [0, 0.1) is 5.82 Å². The molecule has 1 rings (SSSR count). The van der Waals surface area contributed by atoms with Crippen LogP contribution in [0.3, 0.4) is 0 Å². The number of hydrogen-bond donors (Lipinski definition) is 0. The Labute approximate surface area is 85.7 Å². The predicted octanol–water partition coefficient (Wildman–Crippen LogP) is 3.29. The number of benzene rings is 1. The van der Waals surface area contributed by atoms with Crippen molar-refractivity contribution in [1.82, 2.24) is 0 Å². The van der Waals surface area contributed by atoms with Crippen molar-refractivity contribution in [3.63, 3.8) is 0 Å². The molecule has 0 aliphatic rings. The van der Waals surface area contributed by atoms with E-state index in [0.717, 1.165) is 0 Å². The van der Waals surface area contributed by atoms with Crippen molar-refractivity contribution in [2.24, 2.45) is 0 Å². The summed E-state index contributed by atoms with van der Waals surface area (Å²) < 4.78 is 72.9. The fourth-order valence-electron chi connectivity index (χ4n) is 1.01. The fraction of sp³-hybridized carbons (Fsp3) is 0.222. The van der Waals surface area contributed by atoms with Gasteiger partial charge in [-0.3, -0.25) is 4.79 Å². The van der Waals surface area contributed by atoms with Crippen LogP contribution in [0.4, 0.5) is 26.3 Å². The Balaban J connectivity index is 3.15. The van der Waals surface area contributed by atoms with Crippen LogP contribution >= 0.6 is 0 Å². The van der Waals surface area contributed by atoms with E-state index in [-0.39, 0.29) is 6.07 Å². The molecule has 16 heavy (non-hydrogen) atoms. The zero-order chi connectivity index (χ0) is 12.5. The van der Waals surface area contributed by atoms with Crippen molar-refractivity contribution in [2.45, 2.75) is 12.6 Å². The SMILES string of the molecule is O=C(c1ccc(C(F)(F)F)cc1F)C(F)F. The molecule has 0 unspecified atom stereocenters. The summed E-state index contributed by atoms with van der Waals surface area (Å²) in [5.41, 5.74) is -2.39. The standard InChI is InChI=1S/C9H4F6O/c10-6-3-4(9(13,14)15)1-2-5(6)7(16)8(11)12/h1-3,8H. The van der Waals surface area contributed by atoms with Gasteiger partial charge in [-0.2, -0.15) is 13.2 Å². The van der Waals surface area contributed by atoms with Gasteiger partial charge in [-0.25, -0.2) is 13.2 Å². The quantitative estimate of drug-likeness (QED) is 0.574. The first-order valence-corrected chi connectivity index (χ1v) is 3.92. The Bertz CT molecular complexity index is 409. The molecular formula is C9H4F6O. The average Bonchev–Trinajstić information content (AvgIpc) is 2.15. The lowest BCUT2D eigenvalue weighted by molar-refractivity contribution is -0.137. The maximum atomic E-state index is 12.9. The molecule has 1 nitrogen and oxygen atoms in total. The first-order chi connectivity index (χ1) is 7.23. The molecule has 0 saturated carbocycles. The molecule has 0 heterocycles. The summed E-state index contributed by atoms with van der Waals surface area (Å²) in [6.45, 7) is 0. The monoisotopic (exact) mass is 242 g/mol. The molecule has 0 aromatic heterocycles. The van der Waals surface area contributed by atoms with Gasteiger partial charge in [0.2, 0.25) is 5.78 Å². The van der Waals surface area contributed by atoms with E-state index in [1.54, 1.807) is 0 Å². The summed E-state index contributed by atoms with van der Waals surface area (Å²) in [6.07, 6.45) is -8.24. The highest BCUT2D eigenvalue weighted by Crippen LogP contribution is 2.30. The molecule has 0 fully saturated rings.